The van der Waals surface area contributed by atoms with Crippen LogP contribution in [0, 0.1) is 0 Å². The van der Waals surface area contributed by atoms with Crippen molar-refractivity contribution in [3.8, 4) is 0 Å². The zero-order chi connectivity index (χ0) is 15.0. The van der Waals surface area contributed by atoms with Crippen LogP contribution in [-0.4, -0.2) is 34.4 Å². The standard InChI is InChI=1S/C16H21N3OS/c1-10(2)19-6-4-14(16(19)20)18-11(3)12-8-15-13(17-9-12)5-7-21-15/h5,7-11,14,18H,4,6H2,1-3H3/t11-,14+/m1/s1. The lowest BCUT2D eigenvalue weighted by Gasteiger charge is -2.22. The number of amides is 1. The number of thiophene rings is 1. The van der Waals surface area contributed by atoms with Crippen molar-refractivity contribution in [2.45, 2.75) is 45.3 Å². The number of rotatable bonds is 4. The lowest BCUT2D eigenvalue weighted by molar-refractivity contribution is -0.130. The SMILES string of the molecule is CC(C)N1CC[C@H](N[C@H](C)c2cnc3ccsc3c2)C1=O. The second kappa shape index (κ2) is 5.73. The smallest absolute Gasteiger partial charge is 0.240 e. The van der Waals surface area contributed by atoms with E-state index in [1.807, 2.05) is 17.2 Å². The molecular formula is C16H21N3OS. The first-order valence-corrected chi connectivity index (χ1v) is 8.34. The highest BCUT2D eigenvalue weighted by atomic mass is 32.1. The molecule has 2 aromatic heterocycles. The highest BCUT2D eigenvalue weighted by Crippen LogP contribution is 2.24. The quantitative estimate of drug-likeness (QED) is 0.944. The fourth-order valence-electron chi connectivity index (χ4n) is 2.87. The predicted octanol–water partition coefficient (Wildman–Crippen LogP) is 2.96. The van der Waals surface area contributed by atoms with E-state index in [4.69, 9.17) is 0 Å². The second-order valence-corrected chi connectivity index (χ2v) is 6.88. The van der Waals surface area contributed by atoms with Crippen LogP contribution >= 0.6 is 11.3 Å². The van der Waals surface area contributed by atoms with Crippen LogP contribution in [-0.2, 0) is 4.79 Å². The molecule has 5 heteroatoms. The summed E-state index contributed by atoms with van der Waals surface area (Å²) in [5.74, 6) is 0.224. The fourth-order valence-corrected chi connectivity index (χ4v) is 3.65. The zero-order valence-corrected chi connectivity index (χ0v) is 13.5. The average Bonchev–Trinajstić information content (AvgIpc) is 3.05. The summed E-state index contributed by atoms with van der Waals surface area (Å²) in [4.78, 5) is 18.8. The first-order valence-electron chi connectivity index (χ1n) is 7.46. The minimum atomic E-state index is -0.0681. The topological polar surface area (TPSA) is 45.2 Å². The summed E-state index contributed by atoms with van der Waals surface area (Å²) in [6.45, 7) is 7.08. The Morgan fingerprint density at radius 3 is 2.95 bits per heavy atom. The van der Waals surface area contributed by atoms with Crippen molar-refractivity contribution in [2.24, 2.45) is 0 Å². The molecule has 2 aromatic rings. The summed E-state index contributed by atoms with van der Waals surface area (Å²) in [7, 11) is 0. The van der Waals surface area contributed by atoms with Gasteiger partial charge < -0.3 is 4.90 Å². The Balaban J connectivity index is 1.71. The molecule has 1 N–H and O–H groups in total. The maximum Gasteiger partial charge on any atom is 0.240 e. The van der Waals surface area contributed by atoms with Crippen LogP contribution in [0.5, 0.6) is 0 Å². The summed E-state index contributed by atoms with van der Waals surface area (Å²) in [5, 5.41) is 5.52. The van der Waals surface area contributed by atoms with Crippen LogP contribution in [0.1, 0.15) is 38.8 Å². The van der Waals surface area contributed by atoms with Gasteiger partial charge in [-0.25, -0.2) is 0 Å². The Morgan fingerprint density at radius 2 is 2.24 bits per heavy atom. The first kappa shape index (κ1) is 14.5. The summed E-state index contributed by atoms with van der Waals surface area (Å²) in [6, 6.07) is 4.54. The molecule has 21 heavy (non-hydrogen) atoms. The van der Waals surface area contributed by atoms with Gasteiger partial charge in [0, 0.05) is 24.8 Å². The Kier molecular flexibility index (Phi) is 3.95. The number of fused-ring (bicyclic) bond motifs is 1. The molecule has 112 valence electrons. The predicted molar refractivity (Wildman–Crippen MR) is 86.4 cm³/mol. The maximum atomic E-state index is 12.3. The van der Waals surface area contributed by atoms with Gasteiger partial charge in [0.05, 0.1) is 16.3 Å². The molecule has 1 aliphatic heterocycles. The molecule has 0 unspecified atom stereocenters. The van der Waals surface area contributed by atoms with E-state index in [9.17, 15) is 4.79 Å². The zero-order valence-electron chi connectivity index (χ0n) is 12.7. The number of aromatic nitrogens is 1. The summed E-state index contributed by atoms with van der Waals surface area (Å²) >= 11 is 1.70. The summed E-state index contributed by atoms with van der Waals surface area (Å²) in [6.07, 6.45) is 2.79. The van der Waals surface area contributed by atoms with Gasteiger partial charge >= 0.3 is 0 Å². The lowest BCUT2D eigenvalue weighted by Crippen LogP contribution is -2.41. The third-order valence-electron chi connectivity index (χ3n) is 4.14. The van der Waals surface area contributed by atoms with Crippen molar-refractivity contribution >= 4 is 27.5 Å². The third kappa shape index (κ3) is 2.80. The maximum absolute atomic E-state index is 12.3. The molecule has 1 amide bonds. The van der Waals surface area contributed by atoms with Crippen LogP contribution in [0.3, 0.4) is 0 Å². The van der Waals surface area contributed by atoms with Crippen molar-refractivity contribution in [1.29, 1.82) is 0 Å². The molecule has 0 radical (unpaired) electrons. The number of hydrogen-bond acceptors (Lipinski definition) is 4. The summed E-state index contributed by atoms with van der Waals surface area (Å²) in [5.41, 5.74) is 2.18. The number of carbonyl (C=O) groups excluding carboxylic acids is 1. The van der Waals surface area contributed by atoms with Gasteiger partial charge in [0.2, 0.25) is 5.91 Å². The molecule has 1 saturated heterocycles. The summed E-state index contributed by atoms with van der Waals surface area (Å²) < 4.78 is 1.20. The molecule has 0 saturated carbocycles. The molecule has 0 aliphatic carbocycles. The van der Waals surface area contributed by atoms with Gasteiger partial charge in [0.25, 0.3) is 0 Å². The van der Waals surface area contributed by atoms with E-state index in [1.165, 1.54) is 4.70 Å². The molecular weight excluding hydrogens is 282 g/mol. The van der Waals surface area contributed by atoms with Crippen LogP contribution in [0.25, 0.3) is 10.2 Å². The Bertz CT molecular complexity index is 652. The van der Waals surface area contributed by atoms with Crippen molar-refractivity contribution in [1.82, 2.24) is 15.2 Å². The Morgan fingerprint density at radius 1 is 1.43 bits per heavy atom. The largest absolute Gasteiger partial charge is 0.339 e. The number of hydrogen-bond donors (Lipinski definition) is 1. The van der Waals surface area contributed by atoms with Gasteiger partial charge in [0.1, 0.15) is 0 Å². The number of nitrogens with one attached hydrogen (secondary N) is 1. The van der Waals surface area contributed by atoms with Gasteiger partial charge in [-0.2, -0.15) is 0 Å². The molecule has 0 spiro atoms. The van der Waals surface area contributed by atoms with Gasteiger partial charge in [-0.05, 0) is 50.3 Å². The van der Waals surface area contributed by atoms with Gasteiger partial charge in [0.15, 0.2) is 0 Å². The highest BCUT2D eigenvalue weighted by molar-refractivity contribution is 7.17. The van der Waals surface area contributed by atoms with Crippen molar-refractivity contribution < 1.29 is 4.79 Å². The monoisotopic (exact) mass is 303 g/mol. The molecule has 1 aliphatic rings. The van der Waals surface area contributed by atoms with Crippen molar-refractivity contribution in [2.75, 3.05) is 6.54 Å². The van der Waals surface area contributed by atoms with Crippen LogP contribution in [0.15, 0.2) is 23.7 Å². The Hall–Kier alpha value is -1.46. The molecule has 3 heterocycles. The van der Waals surface area contributed by atoms with E-state index in [0.29, 0.717) is 0 Å². The van der Waals surface area contributed by atoms with Crippen LogP contribution < -0.4 is 5.32 Å². The molecule has 1 fully saturated rings. The van der Waals surface area contributed by atoms with Crippen molar-refractivity contribution in [3.05, 3.63) is 29.3 Å². The third-order valence-corrected chi connectivity index (χ3v) is 4.99. The minimum absolute atomic E-state index is 0.0681. The van der Waals surface area contributed by atoms with E-state index < -0.39 is 0 Å². The highest BCUT2D eigenvalue weighted by Gasteiger charge is 2.33. The fraction of sp³-hybridized carbons (Fsp3) is 0.500. The normalized spacial score (nSPS) is 20.7. The molecule has 3 rings (SSSR count). The number of nitrogens with zero attached hydrogens (tertiary/aromatic N) is 2. The van der Waals surface area contributed by atoms with E-state index in [1.54, 1.807) is 11.3 Å². The first-order chi connectivity index (χ1) is 10.1. The molecule has 2 atom stereocenters. The number of carbonyl (C=O) groups is 1. The Labute approximate surface area is 129 Å². The van der Waals surface area contributed by atoms with Crippen LogP contribution in [0.2, 0.25) is 0 Å². The average molecular weight is 303 g/mol. The van der Waals surface area contributed by atoms with E-state index >= 15 is 0 Å². The van der Waals surface area contributed by atoms with Gasteiger partial charge in [-0.1, -0.05) is 0 Å². The second-order valence-electron chi connectivity index (χ2n) is 5.93. The van der Waals surface area contributed by atoms with E-state index in [0.717, 1.165) is 24.0 Å². The van der Waals surface area contributed by atoms with Gasteiger partial charge in [-0.15, -0.1) is 11.3 Å². The van der Waals surface area contributed by atoms with Crippen LogP contribution in [0.4, 0.5) is 0 Å². The van der Waals surface area contributed by atoms with E-state index in [-0.39, 0.29) is 24.0 Å². The molecule has 4 nitrogen and oxygen atoms in total. The molecule has 0 bridgehead atoms. The van der Waals surface area contributed by atoms with E-state index in [2.05, 4.69) is 42.5 Å². The van der Waals surface area contributed by atoms with Gasteiger partial charge in [-0.3, -0.25) is 15.1 Å². The number of pyridine rings is 1. The van der Waals surface area contributed by atoms with Crippen molar-refractivity contribution in [3.63, 3.8) is 0 Å². The minimum Gasteiger partial charge on any atom is -0.339 e. The molecule has 0 aromatic carbocycles. The lowest BCUT2D eigenvalue weighted by atomic mass is 10.1. The number of likely N-dealkylation sites (tertiary alicyclic amines) is 1.